The number of hydrogen-bond acceptors (Lipinski definition) is 8. The van der Waals surface area contributed by atoms with Crippen molar-refractivity contribution >= 4 is 40.3 Å². The van der Waals surface area contributed by atoms with E-state index in [1.54, 1.807) is 36.4 Å². The fourth-order valence-corrected chi connectivity index (χ4v) is 4.46. The number of aromatic hydroxyl groups is 1. The molecule has 9 nitrogen and oxygen atoms in total. The van der Waals surface area contributed by atoms with E-state index in [0.29, 0.717) is 47.7 Å². The molecule has 31 heavy (non-hydrogen) atoms. The Labute approximate surface area is 182 Å². The summed E-state index contributed by atoms with van der Waals surface area (Å²) < 4.78 is 5.11. The number of nitro benzene ring substituents is 1. The maximum atomic E-state index is 12.4. The van der Waals surface area contributed by atoms with Gasteiger partial charge in [0, 0.05) is 32.2 Å². The van der Waals surface area contributed by atoms with Gasteiger partial charge in [-0.3, -0.25) is 14.9 Å². The Morgan fingerprint density at radius 1 is 1.16 bits per heavy atom. The molecule has 0 unspecified atom stereocenters. The van der Waals surface area contributed by atoms with Crippen LogP contribution in [0, 0.1) is 10.1 Å². The summed E-state index contributed by atoms with van der Waals surface area (Å²) in [5.41, 5.74) is 1.42. The fourth-order valence-electron chi connectivity index (χ4n) is 3.49. The molecular formula is C21H20N4O5S. The fraction of sp³-hybridized carbons (Fsp3) is 0.238. The lowest BCUT2D eigenvalue weighted by Crippen LogP contribution is -2.48. The Kier molecular flexibility index (Phi) is 5.81. The molecule has 1 saturated heterocycles. The summed E-state index contributed by atoms with van der Waals surface area (Å²) in [4.78, 5) is 32.0. The van der Waals surface area contributed by atoms with Crippen molar-refractivity contribution in [2.75, 3.05) is 38.2 Å². The first-order valence-electron chi connectivity index (χ1n) is 9.59. The van der Waals surface area contributed by atoms with Crippen LogP contribution in [0.4, 0.5) is 11.4 Å². The number of nitro groups is 1. The van der Waals surface area contributed by atoms with Crippen molar-refractivity contribution in [3.63, 3.8) is 0 Å². The number of para-hydroxylation sites is 2. The summed E-state index contributed by atoms with van der Waals surface area (Å²) in [5, 5.41) is 21.7. The Morgan fingerprint density at radius 2 is 1.87 bits per heavy atom. The second kappa shape index (κ2) is 8.68. The minimum absolute atomic E-state index is 0.0310. The van der Waals surface area contributed by atoms with E-state index in [9.17, 15) is 20.0 Å². The molecule has 0 spiro atoms. The average molecular weight is 440 g/mol. The van der Waals surface area contributed by atoms with Crippen molar-refractivity contribution in [1.82, 2.24) is 4.90 Å². The zero-order valence-corrected chi connectivity index (χ0v) is 17.5. The third-order valence-electron chi connectivity index (χ3n) is 5.08. The Balaban J connectivity index is 1.43. The predicted molar refractivity (Wildman–Crippen MR) is 120 cm³/mol. The van der Waals surface area contributed by atoms with Crippen LogP contribution in [0.2, 0.25) is 0 Å². The summed E-state index contributed by atoms with van der Waals surface area (Å²) in [6.07, 6.45) is 1.72. The maximum Gasteiger partial charge on any atom is 0.292 e. The Hall–Kier alpha value is -3.53. The van der Waals surface area contributed by atoms with E-state index in [0.717, 1.165) is 5.56 Å². The number of ether oxygens (including phenoxy) is 1. The normalized spacial score (nSPS) is 17.8. The molecule has 2 heterocycles. The molecule has 2 aromatic carbocycles. The van der Waals surface area contributed by atoms with E-state index in [2.05, 4.69) is 4.99 Å². The molecule has 0 atom stereocenters. The van der Waals surface area contributed by atoms with Crippen molar-refractivity contribution in [1.29, 1.82) is 0 Å². The molecule has 1 amide bonds. The summed E-state index contributed by atoms with van der Waals surface area (Å²) in [6, 6.07) is 11.6. The van der Waals surface area contributed by atoms with Crippen LogP contribution < -0.4 is 9.64 Å². The Morgan fingerprint density at radius 3 is 2.58 bits per heavy atom. The molecule has 0 bridgehead atoms. The number of carbonyl (C=O) groups is 1. The minimum atomic E-state index is -0.368. The monoisotopic (exact) mass is 440 g/mol. The topological polar surface area (TPSA) is 109 Å². The number of phenolic OH excluding ortho intramolecular Hbond substituents is 1. The number of methoxy groups -OCH3 is 1. The van der Waals surface area contributed by atoms with Gasteiger partial charge < -0.3 is 19.6 Å². The molecule has 1 N–H and O–H groups in total. The van der Waals surface area contributed by atoms with Crippen molar-refractivity contribution < 1.29 is 19.6 Å². The summed E-state index contributed by atoms with van der Waals surface area (Å²) >= 11 is 1.30. The maximum absolute atomic E-state index is 12.4. The highest BCUT2D eigenvalue weighted by atomic mass is 32.2. The number of nitrogens with zero attached hydrogens (tertiary/aromatic N) is 4. The van der Waals surface area contributed by atoms with Gasteiger partial charge in [-0.2, -0.15) is 4.99 Å². The molecule has 0 radical (unpaired) electrons. The number of phenols is 1. The molecule has 2 aromatic rings. The predicted octanol–water partition coefficient (Wildman–Crippen LogP) is 3.10. The number of piperazine rings is 1. The van der Waals surface area contributed by atoms with E-state index in [1.165, 1.54) is 31.0 Å². The van der Waals surface area contributed by atoms with Crippen LogP contribution >= 0.6 is 11.8 Å². The number of benzene rings is 2. The average Bonchev–Trinajstić information content (AvgIpc) is 3.15. The molecule has 0 aromatic heterocycles. The standard InChI is InChI=1S/C21H20N4O5S/c1-30-18-12-14(6-7-17(18)26)13-19-20(27)22-21(31-19)24-10-8-23(9-11-24)15-4-2-3-5-16(15)25(28)29/h2-7,12-13,26H,8-11H2,1H3. The molecule has 10 heteroatoms. The van der Waals surface area contributed by atoms with Gasteiger partial charge in [-0.1, -0.05) is 18.2 Å². The van der Waals surface area contributed by atoms with Gasteiger partial charge >= 0.3 is 0 Å². The third kappa shape index (κ3) is 4.33. The highest BCUT2D eigenvalue weighted by Gasteiger charge is 2.30. The van der Waals surface area contributed by atoms with Crippen LogP contribution in [0.15, 0.2) is 52.4 Å². The van der Waals surface area contributed by atoms with E-state index >= 15 is 0 Å². The molecule has 1 fully saturated rings. The molecule has 0 saturated carbocycles. The van der Waals surface area contributed by atoms with E-state index in [-0.39, 0.29) is 22.3 Å². The quantitative estimate of drug-likeness (QED) is 0.439. The van der Waals surface area contributed by atoms with Gasteiger partial charge in [0.1, 0.15) is 5.69 Å². The first-order valence-corrected chi connectivity index (χ1v) is 10.4. The smallest absolute Gasteiger partial charge is 0.292 e. The first kappa shape index (κ1) is 20.7. The van der Waals surface area contributed by atoms with Crippen LogP contribution in [0.25, 0.3) is 6.08 Å². The van der Waals surface area contributed by atoms with Crippen molar-refractivity contribution in [3.8, 4) is 11.5 Å². The van der Waals surface area contributed by atoms with Crippen molar-refractivity contribution in [3.05, 3.63) is 63.0 Å². The van der Waals surface area contributed by atoms with Gasteiger partial charge in [0.2, 0.25) is 0 Å². The van der Waals surface area contributed by atoms with Gasteiger partial charge in [0.25, 0.3) is 11.6 Å². The van der Waals surface area contributed by atoms with Crippen molar-refractivity contribution in [2.24, 2.45) is 4.99 Å². The summed E-state index contributed by atoms with van der Waals surface area (Å²) in [6.45, 7) is 2.39. The number of thioether (sulfide) groups is 1. The number of amides is 1. The third-order valence-corrected chi connectivity index (χ3v) is 6.12. The second-order valence-electron chi connectivity index (χ2n) is 6.96. The zero-order chi connectivity index (χ0) is 22.0. The number of anilines is 1. The van der Waals surface area contributed by atoms with Gasteiger partial charge in [0.05, 0.1) is 16.9 Å². The molecular weight excluding hydrogens is 420 g/mol. The van der Waals surface area contributed by atoms with E-state index in [1.807, 2.05) is 9.80 Å². The van der Waals surface area contributed by atoms with Crippen LogP contribution in [0.3, 0.4) is 0 Å². The lowest BCUT2D eigenvalue weighted by Gasteiger charge is -2.36. The van der Waals surface area contributed by atoms with Gasteiger partial charge in [0.15, 0.2) is 16.7 Å². The van der Waals surface area contributed by atoms with Crippen LogP contribution in [-0.2, 0) is 4.79 Å². The minimum Gasteiger partial charge on any atom is -0.504 e. The highest BCUT2D eigenvalue weighted by molar-refractivity contribution is 8.18. The summed E-state index contributed by atoms with van der Waals surface area (Å²) in [7, 11) is 1.46. The first-order chi connectivity index (χ1) is 15.0. The molecule has 2 aliphatic heterocycles. The lowest BCUT2D eigenvalue weighted by atomic mass is 10.2. The number of rotatable bonds is 4. The number of carbonyl (C=O) groups excluding carboxylic acids is 1. The summed E-state index contributed by atoms with van der Waals surface area (Å²) in [5.74, 6) is 0.0498. The SMILES string of the molecule is COc1cc(C=C2SC(N3CCN(c4ccccc4[N+](=O)[O-])CC3)=NC2=O)ccc1O. The van der Waals surface area contributed by atoms with E-state index < -0.39 is 0 Å². The number of aliphatic imine (C=N–C) groups is 1. The van der Waals surface area contributed by atoms with Gasteiger partial charge in [-0.25, -0.2) is 0 Å². The lowest BCUT2D eigenvalue weighted by molar-refractivity contribution is -0.384. The van der Waals surface area contributed by atoms with Crippen molar-refractivity contribution in [2.45, 2.75) is 0 Å². The van der Waals surface area contributed by atoms with Crippen LogP contribution in [0.1, 0.15) is 5.56 Å². The number of amidine groups is 1. The van der Waals surface area contributed by atoms with Crippen LogP contribution in [0.5, 0.6) is 11.5 Å². The molecule has 0 aliphatic carbocycles. The van der Waals surface area contributed by atoms with Crippen LogP contribution in [-0.4, -0.2) is 59.3 Å². The van der Waals surface area contributed by atoms with Gasteiger partial charge in [-0.15, -0.1) is 0 Å². The molecule has 160 valence electrons. The molecule has 2 aliphatic rings. The van der Waals surface area contributed by atoms with Gasteiger partial charge in [-0.05, 0) is 41.6 Å². The largest absolute Gasteiger partial charge is 0.504 e. The number of hydrogen-bond donors (Lipinski definition) is 1. The molecule has 4 rings (SSSR count). The zero-order valence-electron chi connectivity index (χ0n) is 16.7. The second-order valence-corrected chi connectivity index (χ2v) is 7.97. The van der Waals surface area contributed by atoms with E-state index in [4.69, 9.17) is 4.74 Å². The Bertz CT molecular complexity index is 1090. The highest BCUT2D eigenvalue weighted by Crippen LogP contribution is 2.34.